The van der Waals surface area contributed by atoms with Gasteiger partial charge in [-0.25, -0.2) is 0 Å². The maximum atomic E-state index is 5.72. The number of likely N-dealkylation sites (N-methyl/N-ethyl adjacent to an activating group) is 1. The van der Waals surface area contributed by atoms with Crippen LogP contribution >= 0.6 is 0 Å². The van der Waals surface area contributed by atoms with E-state index in [1.165, 1.54) is 12.8 Å². The summed E-state index contributed by atoms with van der Waals surface area (Å²) in [6, 6.07) is 0. The van der Waals surface area contributed by atoms with E-state index >= 15 is 0 Å². The summed E-state index contributed by atoms with van der Waals surface area (Å²) in [5.74, 6) is 0. The summed E-state index contributed by atoms with van der Waals surface area (Å²) < 4.78 is 11.1. The topological polar surface area (TPSA) is 24.9 Å². The molecule has 0 amide bonds. The van der Waals surface area contributed by atoms with Gasteiger partial charge in [0.25, 0.3) is 0 Å². The molecule has 2 fully saturated rings. The molecule has 0 bridgehead atoms. The molecular formula is C15H30N2O2. The summed E-state index contributed by atoms with van der Waals surface area (Å²) in [6.07, 6.45) is 2.92. The third-order valence-corrected chi connectivity index (χ3v) is 3.99. The summed E-state index contributed by atoms with van der Waals surface area (Å²) in [7, 11) is 2.22. The minimum atomic E-state index is 0.324. The summed E-state index contributed by atoms with van der Waals surface area (Å²) in [5, 5.41) is 0. The molecule has 2 aliphatic heterocycles. The lowest BCUT2D eigenvalue weighted by atomic mass is 9.91. The van der Waals surface area contributed by atoms with Crippen molar-refractivity contribution in [1.82, 2.24) is 9.80 Å². The lowest BCUT2D eigenvalue weighted by Gasteiger charge is -2.37. The van der Waals surface area contributed by atoms with Crippen LogP contribution < -0.4 is 0 Å². The van der Waals surface area contributed by atoms with Crippen molar-refractivity contribution in [3.63, 3.8) is 0 Å². The molecule has 2 rings (SSSR count). The van der Waals surface area contributed by atoms with Gasteiger partial charge < -0.3 is 14.4 Å². The molecule has 0 aliphatic carbocycles. The largest absolute Gasteiger partial charge is 0.379 e. The van der Waals surface area contributed by atoms with Crippen LogP contribution in [0.4, 0.5) is 0 Å². The van der Waals surface area contributed by atoms with Crippen molar-refractivity contribution in [2.45, 2.75) is 32.8 Å². The second kappa shape index (κ2) is 7.02. The van der Waals surface area contributed by atoms with Gasteiger partial charge in [-0.05, 0) is 25.3 Å². The highest BCUT2D eigenvalue weighted by Gasteiger charge is 2.26. The molecular weight excluding hydrogens is 240 g/mol. The van der Waals surface area contributed by atoms with Crippen LogP contribution in [0.2, 0.25) is 0 Å². The Kier molecular flexibility index (Phi) is 5.63. The first-order valence-electron chi connectivity index (χ1n) is 7.65. The highest BCUT2D eigenvalue weighted by Crippen LogP contribution is 2.20. The van der Waals surface area contributed by atoms with Crippen LogP contribution in [0, 0.1) is 5.41 Å². The predicted molar refractivity (Wildman–Crippen MR) is 77.5 cm³/mol. The average molecular weight is 270 g/mol. The van der Waals surface area contributed by atoms with E-state index in [4.69, 9.17) is 9.47 Å². The van der Waals surface area contributed by atoms with Crippen molar-refractivity contribution in [3.8, 4) is 0 Å². The molecule has 2 saturated heterocycles. The van der Waals surface area contributed by atoms with Gasteiger partial charge in [0.2, 0.25) is 0 Å². The van der Waals surface area contributed by atoms with Gasteiger partial charge in [0.05, 0.1) is 19.3 Å². The first kappa shape index (κ1) is 15.2. The van der Waals surface area contributed by atoms with E-state index in [-0.39, 0.29) is 0 Å². The second-order valence-corrected chi connectivity index (χ2v) is 6.88. The molecule has 0 spiro atoms. The summed E-state index contributed by atoms with van der Waals surface area (Å²) in [6.45, 7) is 13.0. The van der Waals surface area contributed by atoms with Crippen LogP contribution in [0.1, 0.15) is 26.7 Å². The minimum Gasteiger partial charge on any atom is -0.379 e. The van der Waals surface area contributed by atoms with Gasteiger partial charge in [-0.15, -0.1) is 0 Å². The molecule has 0 aromatic heterocycles. The van der Waals surface area contributed by atoms with E-state index in [1.807, 2.05) is 0 Å². The molecule has 0 radical (unpaired) electrons. The van der Waals surface area contributed by atoms with Crippen molar-refractivity contribution in [2.75, 3.05) is 59.6 Å². The van der Waals surface area contributed by atoms with Crippen LogP contribution in [0.25, 0.3) is 0 Å². The van der Waals surface area contributed by atoms with Crippen molar-refractivity contribution >= 4 is 0 Å². The number of rotatable bonds is 6. The molecule has 0 aromatic carbocycles. The maximum Gasteiger partial charge on any atom is 0.0702 e. The molecule has 112 valence electrons. The van der Waals surface area contributed by atoms with E-state index in [0.717, 1.165) is 52.5 Å². The fourth-order valence-electron chi connectivity index (χ4n) is 3.35. The fraction of sp³-hybridized carbons (Fsp3) is 1.00. The molecule has 19 heavy (non-hydrogen) atoms. The van der Waals surface area contributed by atoms with Crippen LogP contribution in [0.15, 0.2) is 0 Å². The van der Waals surface area contributed by atoms with E-state index in [1.54, 1.807) is 0 Å². The highest BCUT2D eigenvalue weighted by molar-refractivity contribution is 4.79. The SMILES string of the molecule is CN(CC1CCCO1)CC(C)(C)CN1CCOCC1. The quantitative estimate of drug-likeness (QED) is 0.729. The zero-order chi connectivity index (χ0) is 13.7. The lowest BCUT2D eigenvalue weighted by molar-refractivity contribution is 0.0125. The van der Waals surface area contributed by atoms with E-state index in [9.17, 15) is 0 Å². The number of nitrogens with zero attached hydrogens (tertiary/aromatic N) is 2. The molecule has 2 aliphatic rings. The van der Waals surface area contributed by atoms with Crippen LogP contribution in [0.5, 0.6) is 0 Å². The standard InChI is InChI=1S/C15H30N2O2/c1-15(2,13-17-6-9-18-10-7-17)12-16(3)11-14-5-4-8-19-14/h14H,4-13H2,1-3H3. The first-order chi connectivity index (χ1) is 9.05. The fourth-order valence-corrected chi connectivity index (χ4v) is 3.35. The van der Waals surface area contributed by atoms with Crippen molar-refractivity contribution in [3.05, 3.63) is 0 Å². The van der Waals surface area contributed by atoms with Crippen molar-refractivity contribution < 1.29 is 9.47 Å². The Morgan fingerprint density at radius 1 is 1.21 bits per heavy atom. The molecule has 2 heterocycles. The molecule has 0 aromatic rings. The second-order valence-electron chi connectivity index (χ2n) is 6.88. The number of morpholine rings is 1. The monoisotopic (exact) mass is 270 g/mol. The zero-order valence-electron chi connectivity index (χ0n) is 12.9. The van der Waals surface area contributed by atoms with Crippen molar-refractivity contribution in [1.29, 1.82) is 0 Å². The van der Waals surface area contributed by atoms with E-state index in [0.29, 0.717) is 11.5 Å². The van der Waals surface area contributed by atoms with Gasteiger partial charge in [0.15, 0.2) is 0 Å². The number of hydrogen-bond donors (Lipinski definition) is 0. The Hall–Kier alpha value is -0.160. The van der Waals surface area contributed by atoms with Crippen LogP contribution in [0.3, 0.4) is 0 Å². The van der Waals surface area contributed by atoms with Gasteiger partial charge in [-0.2, -0.15) is 0 Å². The lowest BCUT2D eigenvalue weighted by Crippen LogP contribution is -2.46. The van der Waals surface area contributed by atoms with Gasteiger partial charge in [0, 0.05) is 39.3 Å². The zero-order valence-corrected chi connectivity index (χ0v) is 12.9. The number of hydrogen-bond acceptors (Lipinski definition) is 4. The van der Waals surface area contributed by atoms with Crippen LogP contribution in [-0.4, -0.2) is 75.5 Å². The first-order valence-corrected chi connectivity index (χ1v) is 7.65. The van der Waals surface area contributed by atoms with Gasteiger partial charge in [-0.3, -0.25) is 4.90 Å². The maximum absolute atomic E-state index is 5.72. The Balaban J connectivity index is 1.71. The molecule has 1 atom stereocenters. The van der Waals surface area contributed by atoms with Crippen LogP contribution in [-0.2, 0) is 9.47 Å². The molecule has 4 heteroatoms. The Morgan fingerprint density at radius 2 is 1.95 bits per heavy atom. The smallest absolute Gasteiger partial charge is 0.0702 e. The summed E-state index contributed by atoms with van der Waals surface area (Å²) in [5.41, 5.74) is 0.324. The predicted octanol–water partition coefficient (Wildman–Crippen LogP) is 1.46. The summed E-state index contributed by atoms with van der Waals surface area (Å²) in [4.78, 5) is 4.97. The van der Waals surface area contributed by atoms with Crippen molar-refractivity contribution in [2.24, 2.45) is 5.41 Å². The molecule has 4 nitrogen and oxygen atoms in total. The molecule has 1 unspecified atom stereocenters. The molecule has 0 N–H and O–H groups in total. The van der Waals surface area contributed by atoms with Gasteiger partial charge in [0.1, 0.15) is 0 Å². The van der Waals surface area contributed by atoms with Gasteiger partial charge >= 0.3 is 0 Å². The Labute approximate surface area is 118 Å². The average Bonchev–Trinajstić information content (AvgIpc) is 2.81. The van der Waals surface area contributed by atoms with E-state index < -0.39 is 0 Å². The summed E-state index contributed by atoms with van der Waals surface area (Å²) >= 11 is 0. The highest BCUT2D eigenvalue weighted by atomic mass is 16.5. The molecule has 0 saturated carbocycles. The Morgan fingerprint density at radius 3 is 2.58 bits per heavy atom. The third kappa shape index (κ3) is 5.38. The van der Waals surface area contributed by atoms with Gasteiger partial charge in [-0.1, -0.05) is 13.8 Å². The number of ether oxygens (including phenoxy) is 2. The third-order valence-electron chi connectivity index (χ3n) is 3.99. The Bertz CT molecular complexity index is 259. The minimum absolute atomic E-state index is 0.324. The van der Waals surface area contributed by atoms with E-state index in [2.05, 4.69) is 30.7 Å². The normalized spacial score (nSPS) is 26.2.